The number of nitrogens with two attached hydrogens (primary N) is 1. The van der Waals surface area contributed by atoms with Crippen molar-refractivity contribution in [3.05, 3.63) is 0 Å². The quantitative estimate of drug-likeness (QED) is 0.721. The lowest BCUT2D eigenvalue weighted by atomic mass is 9.98. The molecule has 0 spiro atoms. The number of hydrogen-bond donors (Lipinski definition) is 1. The summed E-state index contributed by atoms with van der Waals surface area (Å²) in [7, 11) is 0. The summed E-state index contributed by atoms with van der Waals surface area (Å²) in [5.41, 5.74) is 5.66. The van der Waals surface area contributed by atoms with Gasteiger partial charge < -0.3 is 10.6 Å². The average Bonchev–Trinajstić information content (AvgIpc) is 2.15. The number of thiocarbonyl (C=S) groups is 1. The van der Waals surface area contributed by atoms with Crippen LogP contribution in [0.5, 0.6) is 0 Å². The van der Waals surface area contributed by atoms with E-state index in [0.717, 1.165) is 6.54 Å². The monoisotopic (exact) mass is 218 g/mol. The summed E-state index contributed by atoms with van der Waals surface area (Å²) in [6, 6.07) is 0. The van der Waals surface area contributed by atoms with E-state index in [0.29, 0.717) is 10.9 Å². The van der Waals surface area contributed by atoms with Crippen molar-refractivity contribution in [1.82, 2.24) is 4.90 Å². The maximum Gasteiger partial charge on any atom is 0.0771 e. The third-order valence-corrected chi connectivity index (χ3v) is 3.44. The highest BCUT2D eigenvalue weighted by molar-refractivity contribution is 7.98. The number of nitrogens with zero attached hydrogens (tertiary/aromatic N) is 1. The predicted molar refractivity (Wildman–Crippen MR) is 64.3 cm³/mol. The van der Waals surface area contributed by atoms with Gasteiger partial charge in [-0.1, -0.05) is 12.2 Å². The Hall–Kier alpha value is 0.200. The van der Waals surface area contributed by atoms with Crippen LogP contribution in [0.15, 0.2) is 0 Å². The summed E-state index contributed by atoms with van der Waals surface area (Å²) < 4.78 is 0. The Morgan fingerprint density at radius 2 is 2.46 bits per heavy atom. The first kappa shape index (κ1) is 11.3. The first-order valence-corrected chi connectivity index (χ1v) is 6.55. The van der Waals surface area contributed by atoms with E-state index in [1.807, 2.05) is 11.8 Å². The molecule has 0 bridgehead atoms. The number of thioether (sulfide) groups is 1. The molecule has 4 heteroatoms. The van der Waals surface area contributed by atoms with Gasteiger partial charge in [-0.3, -0.25) is 0 Å². The number of piperidine rings is 1. The second kappa shape index (κ2) is 5.83. The Morgan fingerprint density at radius 3 is 3.08 bits per heavy atom. The molecule has 0 amide bonds. The van der Waals surface area contributed by atoms with Crippen LogP contribution in [0.3, 0.4) is 0 Å². The highest BCUT2D eigenvalue weighted by atomic mass is 32.2. The molecular weight excluding hydrogens is 200 g/mol. The zero-order valence-corrected chi connectivity index (χ0v) is 9.79. The normalized spacial score (nSPS) is 24.5. The lowest BCUT2D eigenvalue weighted by molar-refractivity contribution is 0.216. The molecular formula is C9H18N2S2. The number of rotatable bonds is 4. The van der Waals surface area contributed by atoms with Gasteiger partial charge in [0.05, 0.1) is 4.99 Å². The lowest BCUT2D eigenvalue weighted by Crippen LogP contribution is -2.41. The minimum Gasteiger partial charge on any atom is -0.393 e. The van der Waals surface area contributed by atoms with Gasteiger partial charge >= 0.3 is 0 Å². The van der Waals surface area contributed by atoms with Crippen molar-refractivity contribution in [2.45, 2.75) is 12.8 Å². The number of likely N-dealkylation sites (tertiary alicyclic amines) is 1. The molecule has 1 unspecified atom stereocenters. The van der Waals surface area contributed by atoms with Gasteiger partial charge in [-0.05, 0) is 25.6 Å². The van der Waals surface area contributed by atoms with Crippen LogP contribution < -0.4 is 5.73 Å². The van der Waals surface area contributed by atoms with Gasteiger partial charge in [-0.2, -0.15) is 11.8 Å². The molecule has 0 saturated carbocycles. The van der Waals surface area contributed by atoms with Gasteiger partial charge in [0, 0.05) is 24.8 Å². The van der Waals surface area contributed by atoms with Crippen LogP contribution in [0.4, 0.5) is 0 Å². The second-order valence-corrected chi connectivity index (χ2v) is 4.99. The topological polar surface area (TPSA) is 29.3 Å². The van der Waals surface area contributed by atoms with Crippen molar-refractivity contribution in [1.29, 1.82) is 0 Å². The minimum atomic E-state index is 0.464. The third kappa shape index (κ3) is 3.83. The summed E-state index contributed by atoms with van der Waals surface area (Å²) in [4.78, 5) is 3.18. The van der Waals surface area contributed by atoms with E-state index in [9.17, 15) is 0 Å². The van der Waals surface area contributed by atoms with Gasteiger partial charge in [0.25, 0.3) is 0 Å². The van der Waals surface area contributed by atoms with Crippen LogP contribution in [-0.2, 0) is 0 Å². The summed E-state index contributed by atoms with van der Waals surface area (Å²) in [6.07, 6.45) is 4.58. The van der Waals surface area contributed by atoms with Crippen LogP contribution in [-0.4, -0.2) is 41.5 Å². The van der Waals surface area contributed by atoms with Crippen molar-refractivity contribution >= 4 is 29.0 Å². The van der Waals surface area contributed by atoms with Crippen LogP contribution in [0.25, 0.3) is 0 Å². The lowest BCUT2D eigenvalue weighted by Gasteiger charge is -2.31. The van der Waals surface area contributed by atoms with Gasteiger partial charge in [0.15, 0.2) is 0 Å². The molecule has 0 aromatic heterocycles. The van der Waals surface area contributed by atoms with E-state index in [4.69, 9.17) is 18.0 Å². The molecule has 0 radical (unpaired) electrons. The summed E-state index contributed by atoms with van der Waals surface area (Å²) in [6.45, 7) is 3.48. The highest BCUT2D eigenvalue weighted by Crippen LogP contribution is 2.16. The Kier molecular flexibility index (Phi) is 5.06. The Bertz CT molecular complexity index is 173. The molecule has 0 aliphatic carbocycles. The summed E-state index contributed by atoms with van der Waals surface area (Å²) >= 11 is 6.93. The SMILES string of the molecule is CSCCN1CCCC(C(N)=S)C1. The Morgan fingerprint density at radius 1 is 1.69 bits per heavy atom. The third-order valence-electron chi connectivity index (χ3n) is 2.52. The van der Waals surface area contributed by atoms with Crippen molar-refractivity contribution in [3.63, 3.8) is 0 Å². The molecule has 13 heavy (non-hydrogen) atoms. The average molecular weight is 218 g/mol. The fourth-order valence-corrected chi connectivity index (χ4v) is 2.34. The second-order valence-electron chi connectivity index (χ2n) is 3.53. The van der Waals surface area contributed by atoms with Crippen LogP contribution in [0, 0.1) is 5.92 Å². The Labute approximate surface area is 90.2 Å². The Balaban J connectivity index is 2.29. The zero-order valence-electron chi connectivity index (χ0n) is 8.16. The van der Waals surface area contributed by atoms with Crippen molar-refractivity contribution in [3.8, 4) is 0 Å². The van der Waals surface area contributed by atoms with Gasteiger partial charge in [-0.15, -0.1) is 0 Å². The summed E-state index contributed by atoms with van der Waals surface area (Å²) in [5.74, 6) is 1.68. The smallest absolute Gasteiger partial charge is 0.0771 e. The van der Waals surface area contributed by atoms with Crippen molar-refractivity contribution in [2.24, 2.45) is 11.7 Å². The molecule has 76 valence electrons. The predicted octanol–water partition coefficient (Wildman–Crippen LogP) is 1.35. The molecule has 1 aliphatic rings. The van der Waals surface area contributed by atoms with Gasteiger partial charge in [0.2, 0.25) is 0 Å². The fraction of sp³-hybridized carbons (Fsp3) is 0.889. The number of hydrogen-bond acceptors (Lipinski definition) is 3. The molecule has 0 aromatic rings. The standard InChI is InChI=1S/C9H18N2S2/c1-13-6-5-11-4-2-3-8(7-11)9(10)12/h8H,2-7H2,1H3,(H2,10,12). The molecule has 0 aromatic carbocycles. The van der Waals surface area contributed by atoms with E-state index in [1.54, 1.807) is 0 Å². The first-order valence-electron chi connectivity index (χ1n) is 4.74. The molecule has 1 atom stereocenters. The maximum absolute atomic E-state index is 5.66. The first-order chi connectivity index (χ1) is 6.24. The fourth-order valence-electron chi connectivity index (χ4n) is 1.71. The molecule has 1 heterocycles. The molecule has 1 saturated heterocycles. The van der Waals surface area contributed by atoms with E-state index < -0.39 is 0 Å². The van der Waals surface area contributed by atoms with Crippen LogP contribution in [0.1, 0.15) is 12.8 Å². The maximum atomic E-state index is 5.66. The zero-order chi connectivity index (χ0) is 9.68. The largest absolute Gasteiger partial charge is 0.393 e. The molecule has 1 aliphatic heterocycles. The minimum absolute atomic E-state index is 0.464. The molecule has 2 N–H and O–H groups in total. The van der Waals surface area contributed by atoms with Crippen molar-refractivity contribution < 1.29 is 0 Å². The molecule has 2 nitrogen and oxygen atoms in total. The van der Waals surface area contributed by atoms with E-state index in [1.165, 1.54) is 31.7 Å². The van der Waals surface area contributed by atoms with Gasteiger partial charge in [0.1, 0.15) is 0 Å². The molecule has 1 rings (SSSR count). The van der Waals surface area contributed by atoms with Crippen LogP contribution >= 0.6 is 24.0 Å². The van der Waals surface area contributed by atoms with Crippen molar-refractivity contribution in [2.75, 3.05) is 31.6 Å². The molecule has 1 fully saturated rings. The van der Waals surface area contributed by atoms with E-state index in [2.05, 4.69) is 11.2 Å². The highest BCUT2D eigenvalue weighted by Gasteiger charge is 2.20. The van der Waals surface area contributed by atoms with Gasteiger partial charge in [-0.25, -0.2) is 0 Å². The van der Waals surface area contributed by atoms with E-state index in [-0.39, 0.29) is 0 Å². The van der Waals surface area contributed by atoms with Crippen LogP contribution in [0.2, 0.25) is 0 Å². The van der Waals surface area contributed by atoms with E-state index >= 15 is 0 Å². The summed E-state index contributed by atoms with van der Waals surface area (Å²) in [5, 5.41) is 0.